The lowest BCUT2D eigenvalue weighted by atomic mass is 10.4. The Morgan fingerprint density at radius 3 is 2.63 bits per heavy atom. The van der Waals surface area contributed by atoms with E-state index in [2.05, 4.69) is 20.9 Å². The monoisotopic (exact) mass is 392 g/mol. The topological polar surface area (TPSA) is 78.7 Å². The quantitative estimate of drug-likeness (QED) is 0.251. The molecule has 8 heteroatoms. The van der Waals surface area contributed by atoms with Crippen LogP contribution in [0.15, 0.2) is 57.0 Å². The molecule has 1 heterocycles. The van der Waals surface area contributed by atoms with Crippen LogP contribution < -0.4 is 16.0 Å². The molecule has 0 bridgehead atoms. The summed E-state index contributed by atoms with van der Waals surface area (Å²) in [4.78, 5) is 17.3. The molecule has 2 aromatic rings. The summed E-state index contributed by atoms with van der Waals surface area (Å²) in [6, 6.07) is 9.81. The van der Waals surface area contributed by atoms with E-state index in [1.807, 2.05) is 6.92 Å². The fraction of sp³-hybridized carbons (Fsp3) is 0.368. The van der Waals surface area contributed by atoms with Gasteiger partial charge in [0.15, 0.2) is 11.7 Å². The molecule has 0 saturated heterocycles. The van der Waals surface area contributed by atoms with Crippen LogP contribution in [0.3, 0.4) is 0 Å². The number of carbonyl (C=O) groups is 1. The van der Waals surface area contributed by atoms with E-state index in [1.54, 1.807) is 36.0 Å². The van der Waals surface area contributed by atoms with Gasteiger partial charge >= 0.3 is 0 Å². The Labute approximate surface area is 163 Å². The minimum atomic E-state index is -0.235. The largest absolute Gasteiger partial charge is 0.459 e. The van der Waals surface area contributed by atoms with Gasteiger partial charge < -0.3 is 20.4 Å². The van der Waals surface area contributed by atoms with E-state index in [0.29, 0.717) is 25.4 Å². The Balaban J connectivity index is 1.62. The van der Waals surface area contributed by atoms with Crippen molar-refractivity contribution in [3.63, 3.8) is 0 Å². The first kappa shape index (κ1) is 20.8. The summed E-state index contributed by atoms with van der Waals surface area (Å²) in [7, 11) is 0. The Hall–Kier alpha value is -2.48. The van der Waals surface area contributed by atoms with Gasteiger partial charge in [-0.15, -0.1) is 11.8 Å². The predicted octanol–water partition coefficient (Wildman–Crippen LogP) is 2.89. The van der Waals surface area contributed by atoms with Crippen LogP contribution in [0.25, 0.3) is 0 Å². The van der Waals surface area contributed by atoms with Crippen LogP contribution in [0, 0.1) is 5.82 Å². The van der Waals surface area contributed by atoms with Crippen molar-refractivity contribution < 1.29 is 13.6 Å². The number of hydrogen-bond acceptors (Lipinski definition) is 4. The van der Waals surface area contributed by atoms with Gasteiger partial charge in [0.1, 0.15) is 5.82 Å². The number of halogens is 1. The number of aliphatic imine (C=N–C) groups is 1. The first-order valence-electron chi connectivity index (χ1n) is 8.91. The molecule has 3 N–H and O–H groups in total. The molecule has 0 spiro atoms. The second kappa shape index (κ2) is 12.0. The van der Waals surface area contributed by atoms with Crippen molar-refractivity contribution in [1.29, 1.82) is 0 Å². The summed E-state index contributed by atoms with van der Waals surface area (Å²) >= 11 is 1.68. The molecule has 2 rings (SSSR count). The van der Waals surface area contributed by atoms with Crippen LogP contribution in [-0.4, -0.2) is 43.8 Å². The lowest BCUT2D eigenvalue weighted by Crippen LogP contribution is -2.41. The van der Waals surface area contributed by atoms with Crippen molar-refractivity contribution in [3.8, 4) is 0 Å². The molecule has 0 unspecified atom stereocenters. The molecule has 1 amide bonds. The van der Waals surface area contributed by atoms with Gasteiger partial charge in [0, 0.05) is 31.1 Å². The molecule has 0 aliphatic heterocycles. The molecule has 0 saturated carbocycles. The van der Waals surface area contributed by atoms with Gasteiger partial charge in [-0.3, -0.25) is 9.79 Å². The summed E-state index contributed by atoms with van der Waals surface area (Å²) < 4.78 is 17.9. The SMILES string of the molecule is CCNC(=NCCCSc1ccc(F)cc1)NCCNC(=O)c1ccco1. The van der Waals surface area contributed by atoms with Crippen LogP contribution in [0.5, 0.6) is 0 Å². The molecule has 146 valence electrons. The van der Waals surface area contributed by atoms with Crippen LogP contribution in [0.1, 0.15) is 23.9 Å². The van der Waals surface area contributed by atoms with E-state index in [4.69, 9.17) is 4.42 Å². The van der Waals surface area contributed by atoms with Gasteiger partial charge in [0.05, 0.1) is 6.26 Å². The second-order valence-electron chi connectivity index (χ2n) is 5.58. The Morgan fingerprint density at radius 2 is 1.93 bits per heavy atom. The average molecular weight is 393 g/mol. The standard InChI is InChI=1S/C19H25FN4O2S/c1-2-21-19(24-12-11-22-18(25)17-5-3-13-26-17)23-10-4-14-27-16-8-6-15(20)7-9-16/h3,5-9,13H,2,4,10-12,14H2,1H3,(H,22,25)(H2,21,23,24). The maximum atomic E-state index is 12.9. The zero-order valence-corrected chi connectivity index (χ0v) is 16.2. The van der Waals surface area contributed by atoms with Crippen molar-refractivity contribution in [2.75, 3.05) is 31.9 Å². The molecule has 6 nitrogen and oxygen atoms in total. The van der Waals surface area contributed by atoms with Crippen LogP contribution in [-0.2, 0) is 0 Å². The number of nitrogens with zero attached hydrogens (tertiary/aromatic N) is 1. The fourth-order valence-electron chi connectivity index (χ4n) is 2.17. The minimum Gasteiger partial charge on any atom is -0.459 e. The van der Waals surface area contributed by atoms with Crippen molar-refractivity contribution in [3.05, 3.63) is 54.2 Å². The third-order valence-corrected chi connectivity index (χ3v) is 4.55. The molecule has 0 atom stereocenters. The van der Waals surface area contributed by atoms with E-state index in [-0.39, 0.29) is 11.7 Å². The zero-order valence-electron chi connectivity index (χ0n) is 15.3. The maximum Gasteiger partial charge on any atom is 0.287 e. The highest BCUT2D eigenvalue weighted by Crippen LogP contribution is 2.18. The summed E-state index contributed by atoms with van der Waals surface area (Å²) in [6.07, 6.45) is 2.38. The summed E-state index contributed by atoms with van der Waals surface area (Å²) in [5.74, 6) is 1.48. The van der Waals surface area contributed by atoms with Crippen molar-refractivity contribution in [2.24, 2.45) is 4.99 Å². The van der Waals surface area contributed by atoms with E-state index in [0.717, 1.165) is 29.6 Å². The average Bonchev–Trinajstić information content (AvgIpc) is 3.21. The first-order chi connectivity index (χ1) is 13.2. The molecule has 1 aromatic carbocycles. The normalized spacial score (nSPS) is 11.3. The first-order valence-corrected chi connectivity index (χ1v) is 9.90. The number of carbonyl (C=O) groups excluding carboxylic acids is 1. The Bertz CT molecular complexity index is 705. The molecular weight excluding hydrogens is 367 g/mol. The lowest BCUT2D eigenvalue weighted by Gasteiger charge is -2.11. The van der Waals surface area contributed by atoms with Gasteiger partial charge in [0.2, 0.25) is 0 Å². The van der Waals surface area contributed by atoms with Crippen molar-refractivity contribution in [1.82, 2.24) is 16.0 Å². The van der Waals surface area contributed by atoms with Crippen LogP contribution in [0.2, 0.25) is 0 Å². The molecule has 1 aromatic heterocycles. The molecule has 0 fully saturated rings. The highest BCUT2D eigenvalue weighted by atomic mass is 32.2. The van der Waals surface area contributed by atoms with Gasteiger partial charge in [-0.2, -0.15) is 0 Å². The highest BCUT2D eigenvalue weighted by molar-refractivity contribution is 7.99. The number of amides is 1. The molecule has 27 heavy (non-hydrogen) atoms. The molecular formula is C19H25FN4O2S. The fourth-order valence-corrected chi connectivity index (χ4v) is 3.01. The predicted molar refractivity (Wildman–Crippen MR) is 107 cm³/mol. The van der Waals surface area contributed by atoms with Gasteiger partial charge in [-0.1, -0.05) is 0 Å². The minimum absolute atomic E-state index is 0.217. The highest BCUT2D eigenvalue weighted by Gasteiger charge is 2.06. The van der Waals surface area contributed by atoms with E-state index in [1.165, 1.54) is 18.4 Å². The zero-order chi connectivity index (χ0) is 19.3. The van der Waals surface area contributed by atoms with E-state index >= 15 is 0 Å². The van der Waals surface area contributed by atoms with Gasteiger partial charge in [0.25, 0.3) is 5.91 Å². The van der Waals surface area contributed by atoms with Crippen molar-refractivity contribution in [2.45, 2.75) is 18.2 Å². The van der Waals surface area contributed by atoms with Crippen molar-refractivity contribution >= 4 is 23.6 Å². The third-order valence-electron chi connectivity index (χ3n) is 3.45. The van der Waals surface area contributed by atoms with E-state index < -0.39 is 0 Å². The van der Waals surface area contributed by atoms with Gasteiger partial charge in [-0.05, 0) is 55.5 Å². The molecule has 0 aliphatic carbocycles. The number of benzene rings is 1. The smallest absolute Gasteiger partial charge is 0.287 e. The Morgan fingerprint density at radius 1 is 1.15 bits per heavy atom. The number of hydrogen-bond donors (Lipinski definition) is 3. The van der Waals surface area contributed by atoms with Crippen LogP contribution >= 0.6 is 11.8 Å². The maximum absolute atomic E-state index is 12.9. The summed E-state index contributed by atoms with van der Waals surface area (Å²) in [6.45, 7) is 4.46. The summed E-state index contributed by atoms with van der Waals surface area (Å²) in [5, 5.41) is 9.13. The lowest BCUT2D eigenvalue weighted by molar-refractivity contribution is 0.0926. The number of guanidine groups is 1. The summed E-state index contributed by atoms with van der Waals surface area (Å²) in [5.41, 5.74) is 0. The Kier molecular flexibility index (Phi) is 9.26. The number of nitrogens with one attached hydrogen (secondary N) is 3. The number of rotatable bonds is 10. The van der Waals surface area contributed by atoms with Gasteiger partial charge in [-0.25, -0.2) is 4.39 Å². The third kappa shape index (κ3) is 8.17. The molecule has 0 aliphatic rings. The van der Waals surface area contributed by atoms with Crippen LogP contribution in [0.4, 0.5) is 4.39 Å². The molecule has 0 radical (unpaired) electrons. The second-order valence-corrected chi connectivity index (χ2v) is 6.74. The number of thioether (sulfide) groups is 1. The number of furan rings is 1. The van der Waals surface area contributed by atoms with E-state index in [9.17, 15) is 9.18 Å².